The summed E-state index contributed by atoms with van der Waals surface area (Å²) in [6.45, 7) is 3.83. The minimum atomic E-state index is 0. The lowest BCUT2D eigenvalue weighted by molar-refractivity contribution is 1.41. The van der Waals surface area contributed by atoms with Gasteiger partial charge in [-0.25, -0.2) is 0 Å². The molecule has 53 valence electrons. The van der Waals surface area contributed by atoms with Crippen LogP contribution in [0.1, 0.15) is 6.99 Å². The van der Waals surface area contributed by atoms with Crippen molar-refractivity contribution in [3.63, 3.8) is 0 Å². The number of fused-ring (bicyclic) bond motifs is 1. The molecule has 0 aliphatic rings. The average molecular weight is 143 g/mol. The van der Waals surface area contributed by atoms with E-state index in [0.29, 0.717) is 0 Å². The van der Waals surface area contributed by atoms with Gasteiger partial charge in [0.05, 0.1) is 5.52 Å². The second kappa shape index (κ2) is 2.35. The van der Waals surface area contributed by atoms with Crippen LogP contribution in [0.3, 0.4) is 0 Å². The number of benzene rings is 1. The lowest BCUT2D eigenvalue weighted by Gasteiger charge is -1.95. The highest BCUT2D eigenvalue weighted by atomic mass is 14.6. The maximum Gasteiger partial charge on any atom is 1.00 e. The van der Waals surface area contributed by atoms with E-state index in [1.807, 2.05) is 30.3 Å². The van der Waals surface area contributed by atoms with Gasteiger partial charge in [-0.05, 0) is 24.6 Å². The lowest BCUT2D eigenvalue weighted by Crippen LogP contribution is -1.77. The van der Waals surface area contributed by atoms with Crippen LogP contribution in [0.25, 0.3) is 10.9 Å². The van der Waals surface area contributed by atoms with Crippen LogP contribution < -0.4 is 0 Å². The Morgan fingerprint density at radius 1 is 1.27 bits per heavy atom. The van der Waals surface area contributed by atoms with Gasteiger partial charge in [0.25, 0.3) is 0 Å². The summed E-state index contributed by atoms with van der Waals surface area (Å²) in [5.41, 5.74) is 2.02. The molecule has 0 N–H and O–H groups in total. The first-order chi connectivity index (χ1) is 5.36. The lowest BCUT2D eigenvalue weighted by atomic mass is 10.1. The van der Waals surface area contributed by atoms with Crippen LogP contribution in [0.2, 0.25) is 0 Å². The van der Waals surface area contributed by atoms with Gasteiger partial charge in [0.15, 0.2) is 0 Å². The normalized spacial score (nSPS) is 10.3. The second-order valence-electron chi connectivity index (χ2n) is 2.53. The van der Waals surface area contributed by atoms with Crippen LogP contribution in [0.15, 0.2) is 36.5 Å². The third-order valence-corrected chi connectivity index (χ3v) is 1.67. The molecule has 0 atom stereocenters. The predicted octanol–water partition coefficient (Wildman–Crippen LogP) is 2.53. The maximum absolute atomic E-state index is 4.20. The number of nitrogens with zero attached hydrogens (tertiary/aromatic N) is 1. The first-order valence-corrected chi connectivity index (χ1v) is 3.53. The summed E-state index contributed by atoms with van der Waals surface area (Å²) in [6.07, 6.45) is 1.79. The van der Waals surface area contributed by atoms with Gasteiger partial charge in [0.1, 0.15) is 0 Å². The Morgan fingerprint density at radius 3 is 3.09 bits per heavy atom. The summed E-state index contributed by atoms with van der Waals surface area (Å²) in [5.74, 6) is 0. The summed E-state index contributed by atoms with van der Waals surface area (Å²) < 4.78 is 0. The van der Waals surface area contributed by atoms with Crippen molar-refractivity contribution in [1.82, 2.24) is 4.98 Å². The number of aromatic nitrogens is 1. The van der Waals surface area contributed by atoms with Crippen molar-refractivity contribution in [2.45, 2.75) is 0 Å². The Labute approximate surface area is 67.2 Å². The number of pyridine rings is 1. The summed E-state index contributed by atoms with van der Waals surface area (Å²) in [7, 11) is 0. The zero-order chi connectivity index (χ0) is 7.68. The Balaban J connectivity index is 0.000000720. The second-order valence-corrected chi connectivity index (χ2v) is 2.53. The molecule has 0 spiro atoms. The fourth-order valence-electron chi connectivity index (χ4n) is 1.11. The predicted molar refractivity (Wildman–Crippen MR) is 47.3 cm³/mol. The molecule has 1 heteroatoms. The molecular weight excluding hydrogens is 134 g/mol. The maximum atomic E-state index is 4.20. The molecule has 1 aromatic heterocycles. The Kier molecular flexibility index (Phi) is 1.35. The Hall–Kier alpha value is -1.37. The van der Waals surface area contributed by atoms with Crippen molar-refractivity contribution >= 4 is 10.9 Å². The molecule has 0 aliphatic heterocycles. The van der Waals surface area contributed by atoms with Crippen LogP contribution >= 0.6 is 0 Å². The Morgan fingerprint density at radius 2 is 2.18 bits per heavy atom. The van der Waals surface area contributed by atoms with Gasteiger partial charge in [-0.15, -0.1) is 0 Å². The molecule has 2 rings (SSSR count). The highest BCUT2D eigenvalue weighted by Crippen LogP contribution is 2.11. The fourth-order valence-corrected chi connectivity index (χ4v) is 1.11. The molecule has 1 radical (unpaired) electrons. The third kappa shape index (κ3) is 1.09. The van der Waals surface area contributed by atoms with Gasteiger partial charge in [-0.2, -0.15) is 0 Å². The van der Waals surface area contributed by atoms with Crippen molar-refractivity contribution in [2.75, 3.05) is 0 Å². The molecule has 0 bridgehead atoms. The van der Waals surface area contributed by atoms with E-state index in [-0.39, 0.29) is 1.43 Å². The van der Waals surface area contributed by atoms with Crippen LogP contribution in [-0.2, 0) is 0 Å². The topological polar surface area (TPSA) is 12.9 Å². The smallest absolute Gasteiger partial charge is 0.256 e. The number of hydrogen-bond donors (Lipinski definition) is 0. The minimum Gasteiger partial charge on any atom is -0.256 e. The molecular formula is C10H9N+. The van der Waals surface area contributed by atoms with E-state index in [4.69, 9.17) is 0 Å². The molecule has 2 aromatic rings. The molecule has 0 unspecified atom stereocenters. The fraction of sp³-hybridized carbons (Fsp3) is 0. The van der Waals surface area contributed by atoms with Gasteiger partial charge in [-0.3, -0.25) is 4.98 Å². The summed E-state index contributed by atoms with van der Waals surface area (Å²) in [5, 5.41) is 1.17. The van der Waals surface area contributed by atoms with E-state index in [0.717, 1.165) is 11.1 Å². The molecule has 0 aliphatic carbocycles. The van der Waals surface area contributed by atoms with Crippen molar-refractivity contribution < 1.29 is 1.43 Å². The van der Waals surface area contributed by atoms with E-state index < -0.39 is 0 Å². The standard InChI is InChI=1S/C10H8N/c1-8-4-5-9-3-2-6-11-10(9)7-8/h2-7H,1H2/p+1. The zero-order valence-electron chi connectivity index (χ0n) is 7.12. The molecule has 0 saturated heterocycles. The molecule has 1 heterocycles. The van der Waals surface area contributed by atoms with Crippen molar-refractivity contribution in [3.05, 3.63) is 49.0 Å². The van der Waals surface area contributed by atoms with Gasteiger partial charge in [0, 0.05) is 11.6 Å². The summed E-state index contributed by atoms with van der Waals surface area (Å²) in [4.78, 5) is 4.20. The summed E-state index contributed by atoms with van der Waals surface area (Å²) in [6, 6.07) is 9.98. The van der Waals surface area contributed by atoms with Crippen LogP contribution in [0.5, 0.6) is 0 Å². The van der Waals surface area contributed by atoms with Crippen LogP contribution in [-0.4, -0.2) is 4.98 Å². The highest BCUT2D eigenvalue weighted by molar-refractivity contribution is 5.78. The van der Waals surface area contributed by atoms with Gasteiger partial charge in [0.2, 0.25) is 0 Å². The van der Waals surface area contributed by atoms with E-state index in [1.165, 1.54) is 5.39 Å². The van der Waals surface area contributed by atoms with Gasteiger partial charge < -0.3 is 0 Å². The van der Waals surface area contributed by atoms with Crippen LogP contribution in [0, 0.1) is 6.92 Å². The van der Waals surface area contributed by atoms with Gasteiger partial charge >= 0.3 is 1.43 Å². The molecule has 0 saturated carbocycles. The third-order valence-electron chi connectivity index (χ3n) is 1.67. The van der Waals surface area contributed by atoms with Crippen molar-refractivity contribution in [1.29, 1.82) is 0 Å². The van der Waals surface area contributed by atoms with Crippen molar-refractivity contribution in [2.24, 2.45) is 0 Å². The largest absolute Gasteiger partial charge is 1.00 e. The van der Waals surface area contributed by atoms with E-state index >= 15 is 0 Å². The monoisotopic (exact) mass is 143 g/mol. The quantitative estimate of drug-likeness (QED) is 0.552. The number of hydrogen-bond acceptors (Lipinski definition) is 1. The SMILES string of the molecule is [CH2]c1ccc2cccnc2c1.[H+]. The highest BCUT2D eigenvalue weighted by Gasteiger charge is 1.91. The molecule has 11 heavy (non-hydrogen) atoms. The van der Waals surface area contributed by atoms with E-state index in [2.05, 4.69) is 11.9 Å². The van der Waals surface area contributed by atoms with Crippen molar-refractivity contribution in [3.8, 4) is 0 Å². The molecule has 0 amide bonds. The molecule has 0 fully saturated rings. The molecule has 1 aromatic carbocycles. The first kappa shape index (κ1) is 6.35. The summed E-state index contributed by atoms with van der Waals surface area (Å²) >= 11 is 0. The van der Waals surface area contributed by atoms with E-state index in [1.54, 1.807) is 6.20 Å². The minimum absolute atomic E-state index is 0. The van der Waals surface area contributed by atoms with E-state index in [9.17, 15) is 0 Å². The van der Waals surface area contributed by atoms with Crippen LogP contribution in [0.4, 0.5) is 0 Å². The first-order valence-electron chi connectivity index (χ1n) is 3.53. The average Bonchev–Trinajstić information content (AvgIpc) is 2.04. The Bertz CT molecular complexity index is 384. The molecule has 1 nitrogen and oxygen atoms in total. The number of rotatable bonds is 0. The zero-order valence-corrected chi connectivity index (χ0v) is 6.12. The van der Waals surface area contributed by atoms with Gasteiger partial charge in [-0.1, -0.05) is 18.2 Å².